The van der Waals surface area contributed by atoms with Gasteiger partial charge in [0.1, 0.15) is 30.1 Å². The molecule has 1 saturated heterocycles. The molecule has 258 valence electrons. The number of hydrogen-bond donors (Lipinski definition) is 6. The minimum absolute atomic E-state index is 0.0838. The van der Waals surface area contributed by atoms with Crippen molar-refractivity contribution in [2.24, 2.45) is 5.11 Å². The number of rotatable bonds is 19. The first-order valence-corrected chi connectivity index (χ1v) is 19.8. The van der Waals surface area contributed by atoms with E-state index in [2.05, 4.69) is 38.9 Å². The van der Waals surface area contributed by atoms with Gasteiger partial charge in [-0.3, -0.25) is 13.9 Å². The summed E-state index contributed by atoms with van der Waals surface area (Å²) < 4.78 is 60.3. The van der Waals surface area contributed by atoms with Gasteiger partial charge in [0.15, 0.2) is 11.5 Å². The zero-order chi connectivity index (χ0) is 34.2. The van der Waals surface area contributed by atoms with Crippen LogP contribution in [-0.4, -0.2) is 87.6 Å². The number of nitrogens with zero attached hydrogens (tertiary/aromatic N) is 7. The average molecular weight is 752 g/mol. The van der Waals surface area contributed by atoms with Crippen molar-refractivity contribution < 1.29 is 60.7 Å². The molecule has 0 aromatic carbocycles. The van der Waals surface area contributed by atoms with Crippen LogP contribution in [0.4, 0.5) is 5.82 Å². The van der Waals surface area contributed by atoms with E-state index in [4.69, 9.17) is 35.0 Å². The van der Waals surface area contributed by atoms with Gasteiger partial charge in [-0.05, 0) is 25.8 Å². The summed E-state index contributed by atoms with van der Waals surface area (Å²) in [6, 6.07) is 0. The molecule has 7 N–H and O–H groups in total. The second-order valence-corrected chi connectivity index (χ2v) is 17.3. The molecule has 3 rings (SSSR count). The van der Waals surface area contributed by atoms with Crippen LogP contribution in [0.2, 0.25) is 0 Å². The Hall–Kier alpha value is -1.84. The zero-order valence-electron chi connectivity index (χ0n) is 24.2. The lowest BCUT2D eigenvalue weighted by molar-refractivity contribution is -0.121. The number of aromatic nitrogens is 4. The Morgan fingerprint density at radius 3 is 2.67 bits per heavy atom. The molecule has 1 amide bonds. The van der Waals surface area contributed by atoms with Crippen LogP contribution >= 0.6 is 45.1 Å². The smallest absolute Gasteiger partial charge is 0.382 e. The van der Waals surface area contributed by atoms with Gasteiger partial charge in [-0.15, -0.1) is 0 Å². The molecule has 0 bridgehead atoms. The van der Waals surface area contributed by atoms with Crippen LogP contribution in [0.1, 0.15) is 39.3 Å². The fraction of sp³-hybridized carbons (Fsp3) is 0.684. The number of hydrogen-bond acceptors (Lipinski definition) is 16. The number of imidazole rings is 1. The van der Waals surface area contributed by atoms with Gasteiger partial charge in [-0.1, -0.05) is 26.7 Å². The minimum atomic E-state index is -5.72. The molecule has 2 aromatic heterocycles. The maximum Gasteiger partial charge on any atom is 0.490 e. The summed E-state index contributed by atoms with van der Waals surface area (Å²) >= 11 is 0. The number of nitrogens with one attached hydrogen (secondary N) is 1. The Bertz CT molecular complexity index is 1560. The van der Waals surface area contributed by atoms with Gasteiger partial charge in [0.05, 0.1) is 19.0 Å². The number of carbonyl (C=O) groups is 1. The fourth-order valence-corrected chi connectivity index (χ4v) is 9.03. The normalized spacial score (nSPS) is 21.4. The molecule has 0 aliphatic carbocycles. The Morgan fingerprint density at radius 2 is 1.98 bits per heavy atom. The van der Waals surface area contributed by atoms with Gasteiger partial charge in [0.25, 0.3) is 0 Å². The summed E-state index contributed by atoms with van der Waals surface area (Å²) in [7, 11) is -14.0. The third-order valence-electron chi connectivity index (χ3n) is 5.75. The Labute approximate surface area is 269 Å². The third kappa shape index (κ3) is 12.6. The Morgan fingerprint density at radius 1 is 1.24 bits per heavy atom. The van der Waals surface area contributed by atoms with Gasteiger partial charge < -0.3 is 40.1 Å². The summed E-state index contributed by atoms with van der Waals surface area (Å²) in [5.41, 5.74) is 14.8. The lowest BCUT2D eigenvalue weighted by atomic mass is 10.2. The van der Waals surface area contributed by atoms with Crippen molar-refractivity contribution in [3.05, 3.63) is 23.1 Å². The number of azide groups is 1. The van der Waals surface area contributed by atoms with Crippen LogP contribution in [0.15, 0.2) is 17.8 Å². The number of phosphoric acid groups is 3. The molecule has 1 fully saturated rings. The first kappa shape index (κ1) is 38.6. The van der Waals surface area contributed by atoms with E-state index < -0.39 is 53.3 Å². The van der Waals surface area contributed by atoms with Crippen molar-refractivity contribution >= 4 is 67.9 Å². The summed E-state index contributed by atoms with van der Waals surface area (Å²) in [6.07, 6.45) is 0.770. The summed E-state index contributed by atoms with van der Waals surface area (Å²) in [5, 5.41) is 6.21. The van der Waals surface area contributed by atoms with Crippen molar-refractivity contribution in [2.45, 2.75) is 56.3 Å². The third-order valence-corrected chi connectivity index (χ3v) is 12.5. The number of nitrogen functional groups attached to an aromatic ring is 1. The van der Waals surface area contributed by atoms with E-state index in [0.29, 0.717) is 24.1 Å². The molecular formula is C19H32N9O13P3S2. The predicted molar refractivity (Wildman–Crippen MR) is 163 cm³/mol. The first-order chi connectivity index (χ1) is 21.4. The quantitative estimate of drug-likeness (QED) is 0.0228. The molecule has 22 nitrogen and oxygen atoms in total. The molecule has 2 aromatic rings. The lowest BCUT2D eigenvalue weighted by Gasteiger charge is -2.24. The van der Waals surface area contributed by atoms with E-state index in [0.717, 1.165) is 0 Å². The highest BCUT2D eigenvalue weighted by Gasteiger charge is 2.43. The number of carbonyl (C=O) groups excluding carboxylic acids is 1. The standard InChI is InChI=1S/C19H32N9O13P3S2/c1-19(2,8-22-14(29)4-3-5-26-27-21)46-45-11-37-12-6-15(28-10-25-16-17(20)23-9-24-18(16)28)39-13(12)7-38-43(33,34)41-44(35,36)40-42(30,31)32/h9-10,12-13,15H,3-8,11H2,1-2H3,(H,22,29)(H,33,34)(H,35,36)(H2,20,23,24)(H2,30,31,32)/t12?,13-,15-/m1/s1. The largest absolute Gasteiger partial charge is 0.490 e. The number of anilines is 1. The molecule has 27 heteroatoms. The van der Waals surface area contributed by atoms with Crippen LogP contribution < -0.4 is 11.1 Å². The molecule has 1 aliphatic rings. The molecular weight excluding hydrogens is 719 g/mol. The molecule has 3 heterocycles. The lowest BCUT2D eigenvalue weighted by Crippen LogP contribution is -2.35. The molecule has 1 aliphatic heterocycles. The topological polar surface area (TPSA) is 326 Å². The minimum Gasteiger partial charge on any atom is -0.382 e. The van der Waals surface area contributed by atoms with Crippen molar-refractivity contribution in [3.8, 4) is 0 Å². The van der Waals surface area contributed by atoms with Crippen molar-refractivity contribution in [1.29, 1.82) is 0 Å². The summed E-state index contributed by atoms with van der Waals surface area (Å²) in [6.45, 7) is 3.64. The predicted octanol–water partition coefficient (Wildman–Crippen LogP) is 2.75. The number of ether oxygens (including phenoxy) is 2. The van der Waals surface area contributed by atoms with E-state index in [9.17, 15) is 28.3 Å². The van der Waals surface area contributed by atoms with Crippen LogP contribution in [-0.2, 0) is 41.1 Å². The molecule has 0 saturated carbocycles. The van der Waals surface area contributed by atoms with E-state index >= 15 is 0 Å². The van der Waals surface area contributed by atoms with Crippen molar-refractivity contribution in [3.63, 3.8) is 0 Å². The number of fused-ring (bicyclic) bond motifs is 1. The number of amides is 1. The number of nitrogens with two attached hydrogens (primary N) is 1. The van der Waals surface area contributed by atoms with E-state index in [1.165, 1.54) is 38.8 Å². The van der Waals surface area contributed by atoms with E-state index in [1.54, 1.807) is 0 Å². The van der Waals surface area contributed by atoms with Crippen LogP contribution in [0.25, 0.3) is 21.6 Å². The highest BCUT2D eigenvalue weighted by atomic mass is 33.1. The second kappa shape index (κ2) is 16.5. The average Bonchev–Trinajstić information content (AvgIpc) is 3.54. The Kier molecular flexibility index (Phi) is 13.9. The van der Waals surface area contributed by atoms with Crippen molar-refractivity contribution in [2.75, 3.05) is 31.4 Å². The summed E-state index contributed by atoms with van der Waals surface area (Å²) in [5.74, 6) is 0.0230. The molecule has 0 spiro atoms. The molecule has 0 radical (unpaired) electrons. The zero-order valence-corrected chi connectivity index (χ0v) is 28.5. The van der Waals surface area contributed by atoms with Gasteiger partial charge in [-0.25, -0.2) is 28.6 Å². The molecule has 5 atom stereocenters. The van der Waals surface area contributed by atoms with Crippen LogP contribution in [0, 0.1) is 0 Å². The highest BCUT2D eigenvalue weighted by molar-refractivity contribution is 8.77. The van der Waals surface area contributed by atoms with Gasteiger partial charge in [-0.2, -0.15) is 8.62 Å². The van der Waals surface area contributed by atoms with Gasteiger partial charge >= 0.3 is 23.5 Å². The van der Waals surface area contributed by atoms with Gasteiger partial charge in [0.2, 0.25) is 5.91 Å². The fourth-order valence-electron chi connectivity index (χ4n) is 3.83. The SMILES string of the molecule is CC(C)(CNC(=O)CCCN=[N+]=[N-])SSCOC1C[C@H](n2cnc3c(N)ncnc32)O[C@@H]1COP(=O)(O)OP(=O)(O)OP(=O)(O)O. The van der Waals surface area contributed by atoms with Crippen molar-refractivity contribution in [1.82, 2.24) is 24.8 Å². The second-order valence-electron chi connectivity index (χ2n) is 9.95. The molecule has 46 heavy (non-hydrogen) atoms. The van der Waals surface area contributed by atoms with Crippen LogP contribution in [0.3, 0.4) is 0 Å². The summed E-state index contributed by atoms with van der Waals surface area (Å²) in [4.78, 5) is 63.7. The maximum absolute atomic E-state index is 12.3. The van der Waals surface area contributed by atoms with Gasteiger partial charge in [0, 0.05) is 35.6 Å². The van der Waals surface area contributed by atoms with E-state index in [-0.39, 0.29) is 37.1 Å². The molecule has 3 unspecified atom stereocenters. The van der Waals surface area contributed by atoms with E-state index in [1.807, 2.05) is 13.8 Å². The number of phosphoric ester groups is 1. The maximum atomic E-state index is 12.3. The monoisotopic (exact) mass is 751 g/mol. The first-order valence-electron chi connectivity index (χ1n) is 13.0. The highest BCUT2D eigenvalue weighted by Crippen LogP contribution is 2.66. The van der Waals surface area contributed by atoms with Crippen LogP contribution in [0.5, 0.6) is 0 Å². The Balaban J connectivity index is 1.61.